The number of carbonyl (C=O) groups is 3. The fourth-order valence-electron chi connectivity index (χ4n) is 4.36. The van der Waals surface area contributed by atoms with Gasteiger partial charge in [-0.1, -0.05) is 182 Å². The Labute approximate surface area is 365 Å². The largest absolute Gasteiger partial charge is 3.00 e. The number of hydrogen-bond donors (Lipinski definition) is 0. The number of carboxylic acid groups (broad SMARTS) is 3. The molecule has 0 spiro atoms. The molecule has 6 aromatic rings. The summed E-state index contributed by atoms with van der Waals surface area (Å²) in [6, 6.07) is 64.7. The number of benzene rings is 6. The van der Waals surface area contributed by atoms with E-state index in [1.54, 1.807) is 0 Å². The monoisotopic (exact) mass is 994 g/mol. The molecule has 19 heteroatoms. The molecule has 0 heterocycles. The van der Waals surface area contributed by atoms with Crippen molar-refractivity contribution < 1.29 is 93.5 Å². The van der Waals surface area contributed by atoms with Crippen LogP contribution in [-0.4, -0.2) is 43.2 Å². The number of hydrogen-bond acceptors (Lipinski definition) is 7. The van der Waals surface area contributed by atoms with Crippen molar-refractivity contribution in [2.24, 2.45) is 0 Å². The van der Waals surface area contributed by atoms with Crippen LogP contribution in [0.3, 0.4) is 0 Å². The number of alkyl halides is 9. The molecule has 0 aliphatic rings. The molecular weight excluding hydrogens is 964 g/mol. The molecule has 0 aliphatic heterocycles. The van der Waals surface area contributed by atoms with Crippen molar-refractivity contribution >= 4 is 72.4 Å². The van der Waals surface area contributed by atoms with E-state index in [9.17, 15) is 39.5 Å². The Balaban J connectivity index is 0.000000806. The minimum Gasteiger partial charge on any atom is -0.542 e. The second kappa shape index (κ2) is 28.7. The van der Waals surface area contributed by atoms with Gasteiger partial charge in [-0.05, 0) is 47.7 Å². The predicted octanol–water partition coefficient (Wildman–Crippen LogP) is 4.39. The summed E-state index contributed by atoms with van der Waals surface area (Å²) < 4.78 is 94.6. The summed E-state index contributed by atoms with van der Waals surface area (Å²) in [6.07, 6.45) is -15.6. The van der Waals surface area contributed by atoms with Gasteiger partial charge in [-0.25, -0.2) is 0 Å². The maximum absolute atomic E-state index is 10.5. The van der Waals surface area contributed by atoms with Gasteiger partial charge < -0.3 is 29.7 Å². The molecule has 7 nitrogen and oxygen atoms in total. The van der Waals surface area contributed by atoms with Crippen LogP contribution in [0.1, 0.15) is 0 Å². The zero-order chi connectivity index (χ0) is 46.1. The SMILES string of the molecule is O=C([O-])C(F)(F)F.O=C([O-])C(F)(F)F.O=C([O-])C(F)(F)F.[C]=O.[Rh+3].c1ccc(P(c2ccccc2)c2ccccc2)cc1.c1ccc(P(c2ccccc2)c2ccccc2)cc1. The smallest absolute Gasteiger partial charge is 0.542 e. The van der Waals surface area contributed by atoms with E-state index >= 15 is 0 Å². The number of carboxylic acids is 3. The van der Waals surface area contributed by atoms with Crippen LogP contribution in [0.15, 0.2) is 182 Å². The van der Waals surface area contributed by atoms with Crippen LogP contribution in [0.4, 0.5) is 39.5 Å². The quantitative estimate of drug-likeness (QED) is 0.137. The van der Waals surface area contributed by atoms with Gasteiger partial charge >= 0.3 is 38.0 Å². The zero-order valence-electron chi connectivity index (χ0n) is 31.3. The third-order valence-corrected chi connectivity index (χ3v) is 11.7. The average Bonchev–Trinajstić information content (AvgIpc) is 3.24. The van der Waals surface area contributed by atoms with Gasteiger partial charge in [0.25, 0.3) is 6.79 Å². The molecule has 62 heavy (non-hydrogen) atoms. The summed E-state index contributed by atoms with van der Waals surface area (Å²) in [7, 11) is -0.892. The van der Waals surface area contributed by atoms with Gasteiger partial charge in [0.05, 0.1) is 0 Å². The van der Waals surface area contributed by atoms with Gasteiger partial charge in [0, 0.05) is 0 Å². The summed E-state index contributed by atoms with van der Waals surface area (Å²) in [5, 5.41) is 34.7. The minimum atomic E-state index is -5.19. The van der Waals surface area contributed by atoms with Crippen molar-refractivity contribution in [2.75, 3.05) is 0 Å². The summed E-state index contributed by atoms with van der Waals surface area (Å²) in [4.78, 5) is 33.9. The Bertz CT molecular complexity index is 1770. The molecule has 0 amide bonds. The summed E-state index contributed by atoms with van der Waals surface area (Å²) in [5.74, 6) is -9.02. The first-order valence-electron chi connectivity index (χ1n) is 16.7. The molecule has 0 atom stereocenters. The molecule has 0 unspecified atom stereocenters. The predicted molar refractivity (Wildman–Crippen MR) is 209 cm³/mol. The average molecular weight is 995 g/mol. The molecule has 2 radical (unpaired) electrons. The van der Waals surface area contributed by atoms with Crippen molar-refractivity contribution in [1.29, 1.82) is 0 Å². The number of halogens is 9. The van der Waals surface area contributed by atoms with Crippen LogP contribution in [0.2, 0.25) is 0 Å². The Morgan fingerprint density at radius 1 is 0.323 bits per heavy atom. The van der Waals surface area contributed by atoms with Crippen molar-refractivity contribution in [2.45, 2.75) is 18.5 Å². The zero-order valence-corrected chi connectivity index (χ0v) is 34.7. The van der Waals surface area contributed by atoms with Gasteiger partial charge in [0.1, 0.15) is 17.9 Å². The van der Waals surface area contributed by atoms with E-state index < -0.39 is 52.3 Å². The van der Waals surface area contributed by atoms with Crippen LogP contribution < -0.4 is 47.1 Å². The molecule has 0 fully saturated rings. The standard InChI is InChI=1S/2C18H15P.3C2HF3O2.CO.Rh/c2*1-4-10-16(11-5-1)19(17-12-6-2-7-13-17)18-14-8-3-9-15-18;3*3-2(4,5)1(6)7;1-2;/h2*1-15H;3*(H,6,7);;/q;;;;;;+3/p-3. The van der Waals surface area contributed by atoms with Crippen LogP contribution in [0.5, 0.6) is 0 Å². The van der Waals surface area contributed by atoms with E-state index in [1.807, 2.05) is 0 Å². The molecule has 0 aliphatic carbocycles. The molecule has 6 aromatic carbocycles. The maximum Gasteiger partial charge on any atom is 3.00 e. The molecular formula is C43H30F9O7P2Rh. The first kappa shape index (κ1) is 56.3. The Morgan fingerprint density at radius 2 is 0.419 bits per heavy atom. The first-order valence-corrected chi connectivity index (χ1v) is 19.4. The minimum absolute atomic E-state index is 0. The van der Waals surface area contributed by atoms with Crippen LogP contribution in [-0.2, 0) is 38.7 Å². The normalized spacial score (nSPS) is 10.4. The third kappa shape index (κ3) is 21.7. The van der Waals surface area contributed by atoms with Crippen molar-refractivity contribution in [1.82, 2.24) is 0 Å². The molecule has 0 aromatic heterocycles. The molecule has 0 saturated heterocycles. The Kier molecular flexibility index (Phi) is 26.1. The Morgan fingerprint density at radius 3 is 0.500 bits per heavy atom. The van der Waals surface area contributed by atoms with Crippen LogP contribution in [0.25, 0.3) is 0 Å². The number of carbonyl (C=O) groups excluding carboxylic acids is 4. The summed E-state index contributed by atoms with van der Waals surface area (Å²) in [6.45, 7) is 4.50. The van der Waals surface area contributed by atoms with E-state index in [2.05, 4.69) is 189 Å². The van der Waals surface area contributed by atoms with Gasteiger partial charge in [-0.3, -0.25) is 4.79 Å². The second-order valence-electron chi connectivity index (χ2n) is 11.0. The molecule has 326 valence electrons. The van der Waals surface area contributed by atoms with Crippen LogP contribution in [0, 0.1) is 0 Å². The molecule has 6 rings (SSSR count). The maximum atomic E-state index is 10.5. The van der Waals surface area contributed by atoms with Gasteiger partial charge in [-0.15, -0.1) is 0 Å². The van der Waals surface area contributed by atoms with E-state index in [4.69, 9.17) is 34.5 Å². The van der Waals surface area contributed by atoms with Gasteiger partial charge in [0.15, 0.2) is 0 Å². The number of aliphatic carboxylic acids is 3. The molecule has 0 saturated carbocycles. The van der Waals surface area contributed by atoms with E-state index in [-0.39, 0.29) is 19.5 Å². The fraction of sp³-hybridized carbons (Fsp3) is 0.0698. The van der Waals surface area contributed by atoms with Crippen molar-refractivity contribution in [3.8, 4) is 0 Å². The van der Waals surface area contributed by atoms with Crippen molar-refractivity contribution in [3.05, 3.63) is 182 Å². The van der Waals surface area contributed by atoms with Gasteiger partial charge in [0.2, 0.25) is 0 Å². The second-order valence-corrected chi connectivity index (χ2v) is 15.5. The third-order valence-electron chi connectivity index (χ3n) is 6.78. The van der Waals surface area contributed by atoms with Crippen LogP contribution >= 0.6 is 15.8 Å². The summed E-state index contributed by atoms with van der Waals surface area (Å²) >= 11 is 0. The fourth-order valence-corrected chi connectivity index (χ4v) is 8.97. The topological polar surface area (TPSA) is 137 Å². The van der Waals surface area contributed by atoms with E-state index in [0.29, 0.717) is 0 Å². The molecule has 0 bridgehead atoms. The van der Waals surface area contributed by atoms with E-state index in [0.717, 1.165) is 0 Å². The first-order chi connectivity index (χ1) is 28.7. The van der Waals surface area contributed by atoms with Crippen molar-refractivity contribution in [3.63, 3.8) is 0 Å². The molecule has 0 N–H and O–H groups in total. The van der Waals surface area contributed by atoms with E-state index in [1.165, 1.54) is 31.8 Å². The van der Waals surface area contributed by atoms with Gasteiger partial charge in [-0.2, -0.15) is 39.5 Å². The number of rotatable bonds is 6. The Hall–Kier alpha value is -5.75. The summed E-state index contributed by atoms with van der Waals surface area (Å²) in [5.41, 5.74) is 0.